The molecule has 5 rings (SSSR count). The van der Waals surface area contributed by atoms with Crippen LogP contribution in [0.2, 0.25) is 0 Å². The van der Waals surface area contributed by atoms with Gasteiger partial charge in [0, 0.05) is 61.3 Å². The van der Waals surface area contributed by atoms with Crippen molar-refractivity contribution in [3.63, 3.8) is 0 Å². The first-order valence-corrected chi connectivity index (χ1v) is 12.2. The topological polar surface area (TPSA) is 82.4 Å². The van der Waals surface area contributed by atoms with Gasteiger partial charge in [-0.15, -0.1) is 0 Å². The maximum absolute atomic E-state index is 14.1. The van der Waals surface area contributed by atoms with Gasteiger partial charge in [0.15, 0.2) is 0 Å². The highest BCUT2D eigenvalue weighted by molar-refractivity contribution is 5.93. The molecule has 1 aliphatic rings. The molecule has 0 spiro atoms. The van der Waals surface area contributed by atoms with E-state index in [0.29, 0.717) is 31.5 Å². The van der Waals surface area contributed by atoms with Crippen molar-refractivity contribution in [3.8, 4) is 11.3 Å². The number of carbonyl (C=O) groups excluding carboxylic acids is 2. The van der Waals surface area contributed by atoms with E-state index in [1.807, 2.05) is 47.4 Å². The van der Waals surface area contributed by atoms with E-state index in [4.69, 9.17) is 5.73 Å². The molecule has 4 aromatic rings. The van der Waals surface area contributed by atoms with Gasteiger partial charge in [0.2, 0.25) is 11.8 Å². The molecule has 3 N–H and O–H groups in total. The smallest absolute Gasteiger partial charge is 0.248 e. The second-order valence-corrected chi connectivity index (χ2v) is 9.25. The summed E-state index contributed by atoms with van der Waals surface area (Å²) in [5.74, 6) is -0.596. The van der Waals surface area contributed by atoms with Crippen molar-refractivity contribution in [3.05, 3.63) is 95.3 Å². The number of hydrogen-bond donors (Lipinski definition) is 2. The SMILES string of the molecule is NC(=O)c1ccc(CN2CCN(C(=O)CCc3c(-c4ccccc4)[nH]c4ccc(F)cc34)CC2)cc1. The van der Waals surface area contributed by atoms with Crippen LogP contribution in [0.1, 0.15) is 27.9 Å². The van der Waals surface area contributed by atoms with Crippen molar-refractivity contribution in [2.24, 2.45) is 5.73 Å². The standard InChI is InChI=1S/C29H29FN4O2/c30-23-10-12-26-25(18-23)24(28(32-26)21-4-2-1-3-5-21)11-13-27(35)34-16-14-33(15-17-34)19-20-6-8-22(9-7-20)29(31)36/h1-10,12,18,32H,11,13-17,19H2,(H2,31,36). The first-order valence-electron chi connectivity index (χ1n) is 12.2. The molecule has 2 heterocycles. The molecular formula is C29H29FN4O2. The highest BCUT2D eigenvalue weighted by Gasteiger charge is 2.22. The van der Waals surface area contributed by atoms with E-state index in [9.17, 15) is 14.0 Å². The van der Waals surface area contributed by atoms with Crippen LogP contribution in [0.3, 0.4) is 0 Å². The van der Waals surface area contributed by atoms with Gasteiger partial charge < -0.3 is 15.6 Å². The molecule has 1 fully saturated rings. The Morgan fingerprint density at radius 3 is 2.33 bits per heavy atom. The van der Waals surface area contributed by atoms with Gasteiger partial charge in [0.05, 0.1) is 0 Å². The summed E-state index contributed by atoms with van der Waals surface area (Å²) in [5.41, 5.74) is 10.7. The zero-order valence-corrected chi connectivity index (χ0v) is 20.0. The maximum atomic E-state index is 14.1. The zero-order valence-electron chi connectivity index (χ0n) is 20.0. The zero-order chi connectivity index (χ0) is 25.1. The molecule has 1 saturated heterocycles. The number of carbonyl (C=O) groups is 2. The Labute approximate surface area is 209 Å². The van der Waals surface area contributed by atoms with E-state index in [-0.39, 0.29) is 11.7 Å². The van der Waals surface area contributed by atoms with E-state index < -0.39 is 5.91 Å². The molecule has 184 valence electrons. The van der Waals surface area contributed by atoms with Crippen LogP contribution >= 0.6 is 0 Å². The van der Waals surface area contributed by atoms with Crippen molar-refractivity contribution in [1.29, 1.82) is 0 Å². The number of piperazine rings is 1. The van der Waals surface area contributed by atoms with Crippen molar-refractivity contribution in [2.75, 3.05) is 26.2 Å². The number of nitrogens with zero attached hydrogens (tertiary/aromatic N) is 2. The summed E-state index contributed by atoms with van der Waals surface area (Å²) in [6.07, 6.45) is 0.914. The van der Waals surface area contributed by atoms with Crippen molar-refractivity contribution >= 4 is 22.7 Å². The summed E-state index contributed by atoms with van der Waals surface area (Å²) >= 11 is 0. The van der Waals surface area contributed by atoms with E-state index >= 15 is 0 Å². The fourth-order valence-electron chi connectivity index (χ4n) is 4.91. The van der Waals surface area contributed by atoms with Crippen LogP contribution in [0, 0.1) is 5.82 Å². The summed E-state index contributed by atoms with van der Waals surface area (Å²) in [4.78, 5) is 32.0. The molecule has 0 bridgehead atoms. The maximum Gasteiger partial charge on any atom is 0.248 e. The van der Waals surface area contributed by atoms with Crippen LogP contribution in [0.15, 0.2) is 72.8 Å². The number of primary amides is 1. The third kappa shape index (κ3) is 5.16. The van der Waals surface area contributed by atoms with E-state index in [1.54, 1.807) is 24.3 Å². The molecule has 2 amide bonds. The number of aromatic amines is 1. The molecule has 7 heteroatoms. The highest BCUT2D eigenvalue weighted by Crippen LogP contribution is 2.32. The lowest BCUT2D eigenvalue weighted by Gasteiger charge is -2.35. The lowest BCUT2D eigenvalue weighted by Crippen LogP contribution is -2.48. The number of fused-ring (bicyclic) bond motifs is 1. The molecule has 3 aromatic carbocycles. The fraction of sp³-hybridized carbons (Fsp3) is 0.241. The van der Waals surface area contributed by atoms with Crippen LogP contribution in [-0.2, 0) is 17.8 Å². The summed E-state index contributed by atoms with van der Waals surface area (Å²) in [7, 11) is 0. The second kappa shape index (κ2) is 10.3. The molecule has 0 atom stereocenters. The second-order valence-electron chi connectivity index (χ2n) is 9.25. The van der Waals surface area contributed by atoms with Gasteiger partial charge in [-0.1, -0.05) is 42.5 Å². The largest absolute Gasteiger partial charge is 0.366 e. The van der Waals surface area contributed by atoms with Gasteiger partial charge in [-0.3, -0.25) is 14.5 Å². The first-order chi connectivity index (χ1) is 17.5. The van der Waals surface area contributed by atoms with Crippen molar-refractivity contribution < 1.29 is 14.0 Å². The van der Waals surface area contributed by atoms with Gasteiger partial charge in [0.25, 0.3) is 0 Å². The predicted molar refractivity (Wildman–Crippen MR) is 139 cm³/mol. The van der Waals surface area contributed by atoms with Crippen LogP contribution in [0.5, 0.6) is 0 Å². The molecule has 6 nitrogen and oxygen atoms in total. The number of hydrogen-bond acceptors (Lipinski definition) is 3. The Morgan fingerprint density at radius 2 is 1.64 bits per heavy atom. The predicted octanol–water partition coefficient (Wildman–Crippen LogP) is 4.35. The average molecular weight is 485 g/mol. The highest BCUT2D eigenvalue weighted by atomic mass is 19.1. The fourth-order valence-corrected chi connectivity index (χ4v) is 4.91. The molecule has 1 aliphatic heterocycles. The Balaban J connectivity index is 1.22. The summed E-state index contributed by atoms with van der Waals surface area (Å²) in [6.45, 7) is 3.69. The normalized spacial score (nSPS) is 14.3. The summed E-state index contributed by atoms with van der Waals surface area (Å²) in [5, 5.41) is 0.828. The monoisotopic (exact) mass is 484 g/mol. The number of benzene rings is 3. The summed E-state index contributed by atoms with van der Waals surface area (Å²) < 4.78 is 14.1. The number of nitrogens with two attached hydrogens (primary N) is 1. The molecule has 0 saturated carbocycles. The Morgan fingerprint density at radius 1 is 0.917 bits per heavy atom. The number of rotatable bonds is 7. The lowest BCUT2D eigenvalue weighted by molar-refractivity contribution is -0.132. The molecular weight excluding hydrogens is 455 g/mol. The van der Waals surface area contributed by atoms with Gasteiger partial charge in [-0.05, 0) is 53.4 Å². The van der Waals surface area contributed by atoms with E-state index in [2.05, 4.69) is 9.88 Å². The Kier molecular flexibility index (Phi) is 6.82. The number of aromatic nitrogens is 1. The number of halogens is 1. The molecule has 0 radical (unpaired) electrons. The van der Waals surface area contributed by atoms with Gasteiger partial charge >= 0.3 is 0 Å². The van der Waals surface area contributed by atoms with Crippen molar-refractivity contribution in [2.45, 2.75) is 19.4 Å². The molecule has 0 unspecified atom stereocenters. The average Bonchev–Trinajstić information content (AvgIpc) is 3.26. The summed E-state index contributed by atoms with van der Waals surface area (Å²) in [6, 6.07) is 22.0. The molecule has 0 aliphatic carbocycles. The molecule has 1 aromatic heterocycles. The minimum absolute atomic E-state index is 0.116. The van der Waals surface area contributed by atoms with Crippen LogP contribution < -0.4 is 5.73 Å². The van der Waals surface area contributed by atoms with Gasteiger partial charge in [0.1, 0.15) is 5.82 Å². The molecule has 36 heavy (non-hydrogen) atoms. The van der Waals surface area contributed by atoms with Crippen LogP contribution in [0.4, 0.5) is 4.39 Å². The third-order valence-electron chi connectivity index (χ3n) is 6.89. The minimum atomic E-state index is -0.428. The van der Waals surface area contributed by atoms with Crippen molar-refractivity contribution in [1.82, 2.24) is 14.8 Å². The Hall–Kier alpha value is -3.97. The van der Waals surface area contributed by atoms with E-state index in [1.165, 1.54) is 6.07 Å². The first kappa shape index (κ1) is 23.8. The minimum Gasteiger partial charge on any atom is -0.366 e. The van der Waals surface area contributed by atoms with Gasteiger partial charge in [-0.2, -0.15) is 0 Å². The quantitative estimate of drug-likeness (QED) is 0.409. The lowest BCUT2D eigenvalue weighted by atomic mass is 10.0. The van der Waals surface area contributed by atoms with Gasteiger partial charge in [-0.25, -0.2) is 4.39 Å². The third-order valence-corrected chi connectivity index (χ3v) is 6.89. The Bertz CT molecular complexity index is 1370. The van der Waals surface area contributed by atoms with Crippen LogP contribution in [-0.4, -0.2) is 52.8 Å². The van der Waals surface area contributed by atoms with Crippen LogP contribution in [0.25, 0.3) is 22.2 Å². The van der Waals surface area contributed by atoms with E-state index in [0.717, 1.165) is 52.9 Å². The number of amides is 2. The number of nitrogens with one attached hydrogen (secondary N) is 1. The number of aryl methyl sites for hydroxylation is 1. The number of H-pyrrole nitrogens is 1.